The lowest BCUT2D eigenvalue weighted by atomic mass is 10.0. The fourth-order valence-electron chi connectivity index (χ4n) is 2.53. The highest BCUT2D eigenvalue weighted by Gasteiger charge is 2.04. The molecular formula is C23H20O2. The van der Waals surface area contributed by atoms with Gasteiger partial charge in [0, 0.05) is 5.56 Å². The van der Waals surface area contributed by atoms with Gasteiger partial charge in [-0.05, 0) is 41.8 Å². The van der Waals surface area contributed by atoms with Crippen molar-refractivity contribution in [2.24, 2.45) is 0 Å². The predicted octanol–water partition coefficient (Wildman–Crippen LogP) is 5.47. The van der Waals surface area contributed by atoms with Gasteiger partial charge < -0.3 is 4.74 Å². The third kappa shape index (κ3) is 4.67. The fourth-order valence-corrected chi connectivity index (χ4v) is 2.53. The molecule has 0 aromatic heterocycles. The van der Waals surface area contributed by atoms with Crippen LogP contribution in [0.2, 0.25) is 0 Å². The van der Waals surface area contributed by atoms with Crippen molar-refractivity contribution in [1.29, 1.82) is 0 Å². The van der Waals surface area contributed by atoms with Crippen LogP contribution in [-0.2, 0) is 6.61 Å². The lowest BCUT2D eigenvalue weighted by Gasteiger charge is -2.06. The van der Waals surface area contributed by atoms with Gasteiger partial charge in [0.2, 0.25) is 0 Å². The molecule has 0 atom stereocenters. The van der Waals surface area contributed by atoms with Gasteiger partial charge in [0.1, 0.15) is 12.4 Å². The Morgan fingerprint density at radius 1 is 0.880 bits per heavy atom. The molecule has 0 heterocycles. The molecule has 0 amide bonds. The SMILES string of the molecule is Cc1ccccc1C(=O)C=Cc1ccc(OCc2ccccc2)cc1. The summed E-state index contributed by atoms with van der Waals surface area (Å²) in [6.07, 6.45) is 3.44. The molecule has 0 unspecified atom stereocenters. The second kappa shape index (κ2) is 8.11. The Morgan fingerprint density at radius 3 is 2.28 bits per heavy atom. The second-order valence-electron chi connectivity index (χ2n) is 5.86. The van der Waals surface area contributed by atoms with Crippen LogP contribution in [0.1, 0.15) is 27.0 Å². The highest BCUT2D eigenvalue weighted by atomic mass is 16.5. The molecule has 0 saturated carbocycles. The van der Waals surface area contributed by atoms with E-state index in [0.29, 0.717) is 6.61 Å². The Morgan fingerprint density at radius 2 is 1.56 bits per heavy atom. The van der Waals surface area contributed by atoms with Crippen molar-refractivity contribution in [2.45, 2.75) is 13.5 Å². The van der Waals surface area contributed by atoms with Gasteiger partial charge in [-0.1, -0.05) is 72.8 Å². The molecule has 0 aliphatic rings. The molecule has 0 bridgehead atoms. The molecule has 0 saturated heterocycles. The lowest BCUT2D eigenvalue weighted by Crippen LogP contribution is -1.97. The van der Waals surface area contributed by atoms with Gasteiger partial charge in [0.05, 0.1) is 0 Å². The maximum atomic E-state index is 12.3. The summed E-state index contributed by atoms with van der Waals surface area (Å²) < 4.78 is 5.77. The van der Waals surface area contributed by atoms with Gasteiger partial charge in [-0.3, -0.25) is 4.79 Å². The summed E-state index contributed by atoms with van der Waals surface area (Å²) in [4.78, 5) is 12.3. The first kappa shape index (κ1) is 16.7. The Bertz CT molecular complexity index is 862. The minimum absolute atomic E-state index is 0.0162. The van der Waals surface area contributed by atoms with Crippen molar-refractivity contribution >= 4 is 11.9 Å². The Hall–Kier alpha value is -3.13. The highest BCUT2D eigenvalue weighted by Crippen LogP contribution is 2.16. The van der Waals surface area contributed by atoms with Crippen molar-refractivity contribution in [3.05, 3.63) is 107 Å². The molecule has 0 aliphatic carbocycles. The third-order valence-electron chi connectivity index (χ3n) is 3.97. The highest BCUT2D eigenvalue weighted by molar-refractivity contribution is 6.07. The fraction of sp³-hybridized carbons (Fsp3) is 0.0870. The molecule has 3 rings (SSSR count). The van der Waals surface area contributed by atoms with Crippen LogP contribution in [0.5, 0.6) is 5.75 Å². The van der Waals surface area contributed by atoms with E-state index in [2.05, 4.69) is 0 Å². The van der Waals surface area contributed by atoms with Crippen LogP contribution in [0, 0.1) is 6.92 Å². The number of benzene rings is 3. The van der Waals surface area contributed by atoms with E-state index in [1.54, 1.807) is 6.08 Å². The van der Waals surface area contributed by atoms with Crippen LogP contribution < -0.4 is 4.74 Å². The number of ether oxygens (including phenoxy) is 1. The first-order valence-corrected chi connectivity index (χ1v) is 8.27. The number of hydrogen-bond donors (Lipinski definition) is 0. The Balaban J connectivity index is 1.60. The summed E-state index contributed by atoms with van der Waals surface area (Å²) in [6.45, 7) is 2.49. The molecule has 0 spiro atoms. The van der Waals surface area contributed by atoms with Crippen LogP contribution in [0.4, 0.5) is 0 Å². The lowest BCUT2D eigenvalue weighted by molar-refractivity contribution is 0.104. The van der Waals surface area contributed by atoms with Crippen LogP contribution >= 0.6 is 0 Å². The molecule has 2 nitrogen and oxygen atoms in total. The zero-order valence-corrected chi connectivity index (χ0v) is 14.2. The van der Waals surface area contributed by atoms with Crippen LogP contribution in [0.25, 0.3) is 6.08 Å². The molecule has 0 N–H and O–H groups in total. The molecule has 2 heteroatoms. The van der Waals surface area contributed by atoms with Crippen molar-refractivity contribution in [1.82, 2.24) is 0 Å². The third-order valence-corrected chi connectivity index (χ3v) is 3.97. The summed E-state index contributed by atoms with van der Waals surface area (Å²) >= 11 is 0. The van der Waals surface area contributed by atoms with Crippen molar-refractivity contribution in [3.8, 4) is 5.75 Å². The number of ketones is 1. The number of carbonyl (C=O) groups is 1. The zero-order valence-electron chi connectivity index (χ0n) is 14.2. The van der Waals surface area contributed by atoms with Gasteiger partial charge in [-0.2, -0.15) is 0 Å². The zero-order chi connectivity index (χ0) is 17.5. The van der Waals surface area contributed by atoms with E-state index in [1.165, 1.54) is 0 Å². The first-order chi connectivity index (χ1) is 12.2. The van der Waals surface area contributed by atoms with E-state index in [-0.39, 0.29) is 5.78 Å². The van der Waals surface area contributed by atoms with Gasteiger partial charge in [-0.15, -0.1) is 0 Å². The van der Waals surface area contributed by atoms with Gasteiger partial charge in [-0.25, -0.2) is 0 Å². The van der Waals surface area contributed by atoms with Crippen molar-refractivity contribution in [3.63, 3.8) is 0 Å². The second-order valence-corrected chi connectivity index (χ2v) is 5.86. The molecule has 25 heavy (non-hydrogen) atoms. The van der Waals surface area contributed by atoms with Crippen LogP contribution in [0.15, 0.2) is 84.9 Å². The van der Waals surface area contributed by atoms with E-state index in [1.807, 2.05) is 91.9 Å². The molecule has 124 valence electrons. The van der Waals surface area contributed by atoms with Crippen molar-refractivity contribution < 1.29 is 9.53 Å². The minimum atomic E-state index is 0.0162. The van der Waals surface area contributed by atoms with E-state index < -0.39 is 0 Å². The number of rotatable bonds is 6. The maximum absolute atomic E-state index is 12.3. The molecule has 3 aromatic rings. The largest absolute Gasteiger partial charge is 0.489 e. The summed E-state index contributed by atoms with van der Waals surface area (Å²) in [6, 6.07) is 25.4. The quantitative estimate of drug-likeness (QED) is 0.443. The minimum Gasteiger partial charge on any atom is -0.489 e. The summed E-state index contributed by atoms with van der Waals surface area (Å²) in [5.41, 5.74) is 3.83. The monoisotopic (exact) mass is 328 g/mol. The summed E-state index contributed by atoms with van der Waals surface area (Å²) in [5.74, 6) is 0.828. The van der Waals surface area contributed by atoms with E-state index >= 15 is 0 Å². The standard InChI is InChI=1S/C23H20O2/c1-18-7-5-6-10-22(18)23(24)16-13-19-11-14-21(15-12-19)25-17-20-8-3-2-4-9-20/h2-16H,17H2,1H3. The maximum Gasteiger partial charge on any atom is 0.186 e. The van der Waals surface area contributed by atoms with E-state index in [0.717, 1.165) is 28.0 Å². The van der Waals surface area contributed by atoms with E-state index in [9.17, 15) is 4.79 Å². The first-order valence-electron chi connectivity index (χ1n) is 8.27. The van der Waals surface area contributed by atoms with Crippen LogP contribution in [0.3, 0.4) is 0 Å². The predicted molar refractivity (Wildman–Crippen MR) is 102 cm³/mol. The number of hydrogen-bond acceptors (Lipinski definition) is 2. The van der Waals surface area contributed by atoms with Gasteiger partial charge in [0.25, 0.3) is 0 Å². The van der Waals surface area contributed by atoms with Gasteiger partial charge in [0.15, 0.2) is 5.78 Å². The molecule has 0 fully saturated rings. The number of carbonyl (C=O) groups excluding carboxylic acids is 1. The summed E-state index contributed by atoms with van der Waals surface area (Å²) in [7, 11) is 0. The topological polar surface area (TPSA) is 26.3 Å². The Kier molecular flexibility index (Phi) is 5.43. The molecular weight excluding hydrogens is 308 g/mol. The van der Waals surface area contributed by atoms with Crippen molar-refractivity contribution in [2.75, 3.05) is 0 Å². The summed E-state index contributed by atoms with van der Waals surface area (Å²) in [5, 5.41) is 0. The molecule has 0 aliphatic heterocycles. The van der Waals surface area contributed by atoms with E-state index in [4.69, 9.17) is 4.74 Å². The number of aryl methyl sites for hydroxylation is 1. The van der Waals surface area contributed by atoms with Crippen LogP contribution in [-0.4, -0.2) is 5.78 Å². The normalized spacial score (nSPS) is 10.8. The van der Waals surface area contributed by atoms with Gasteiger partial charge >= 0.3 is 0 Å². The Labute approximate surface area is 148 Å². The molecule has 0 radical (unpaired) electrons. The number of allylic oxidation sites excluding steroid dienone is 1. The smallest absolute Gasteiger partial charge is 0.186 e. The average Bonchev–Trinajstić information content (AvgIpc) is 2.66. The average molecular weight is 328 g/mol. The molecule has 3 aromatic carbocycles.